The minimum atomic E-state index is -4.40. The van der Waals surface area contributed by atoms with Crippen LogP contribution in [0.3, 0.4) is 0 Å². The van der Waals surface area contributed by atoms with Gasteiger partial charge in [-0.25, -0.2) is 4.99 Å². The van der Waals surface area contributed by atoms with E-state index in [1.165, 1.54) is 11.0 Å². The lowest BCUT2D eigenvalue weighted by Crippen LogP contribution is -2.44. The highest BCUT2D eigenvalue weighted by Crippen LogP contribution is 2.30. The fourth-order valence-electron chi connectivity index (χ4n) is 2.89. The smallest absolute Gasteiger partial charge is 0.376 e. The molecule has 1 aromatic rings. The number of nitrogens with zero attached hydrogens (tertiary/aromatic N) is 2. The number of guanidine groups is 1. The van der Waals surface area contributed by atoms with Crippen molar-refractivity contribution in [3.63, 3.8) is 0 Å². The van der Waals surface area contributed by atoms with Gasteiger partial charge in [-0.05, 0) is 43.9 Å². The number of nitrogens with one attached hydrogen (secondary N) is 2. The predicted molar refractivity (Wildman–Crippen MR) is 106 cm³/mol. The molecule has 1 saturated heterocycles. The molecule has 0 saturated carbocycles. The Morgan fingerprint density at radius 1 is 1.34 bits per heavy atom. The zero-order chi connectivity index (χ0) is 21.4. The number of hydrogen-bond donors (Lipinski definition) is 2. The highest BCUT2D eigenvalue weighted by molar-refractivity contribution is 5.85. The third-order valence-electron chi connectivity index (χ3n) is 4.71. The molecule has 1 fully saturated rings. The van der Waals surface area contributed by atoms with Gasteiger partial charge in [0.25, 0.3) is 0 Å². The van der Waals surface area contributed by atoms with Crippen molar-refractivity contribution in [2.24, 2.45) is 4.99 Å². The van der Waals surface area contributed by atoms with Crippen molar-refractivity contribution in [1.29, 1.82) is 0 Å². The standard InChI is InChI=1S/C20H29F3N4O2/c1-14(15-7-6-8-16(11-15)20(21,22)23)26-19(25-13-18(28)27(2)3)24-12-17-9-4-5-10-29-17/h6-8,11,14,17H,4-5,9-10,12-13H2,1-3H3,(H2,24,25,26). The first-order valence-electron chi connectivity index (χ1n) is 9.70. The Hall–Kier alpha value is -2.29. The fraction of sp³-hybridized carbons (Fsp3) is 0.600. The van der Waals surface area contributed by atoms with E-state index >= 15 is 0 Å². The van der Waals surface area contributed by atoms with Gasteiger partial charge in [-0.2, -0.15) is 13.2 Å². The van der Waals surface area contributed by atoms with Gasteiger partial charge in [-0.1, -0.05) is 12.1 Å². The second-order valence-corrected chi connectivity index (χ2v) is 7.31. The third kappa shape index (κ3) is 7.56. The molecular formula is C20H29F3N4O2. The van der Waals surface area contributed by atoms with Gasteiger partial charge in [0, 0.05) is 27.2 Å². The van der Waals surface area contributed by atoms with Crippen LogP contribution in [-0.4, -0.2) is 56.7 Å². The number of rotatable bonds is 6. The number of halogens is 3. The molecule has 0 radical (unpaired) electrons. The Kier molecular flexibility index (Phi) is 8.31. The van der Waals surface area contributed by atoms with Gasteiger partial charge in [-0.15, -0.1) is 0 Å². The lowest BCUT2D eigenvalue weighted by molar-refractivity contribution is -0.137. The minimum Gasteiger partial charge on any atom is -0.376 e. The molecule has 1 aromatic carbocycles. The first-order valence-corrected chi connectivity index (χ1v) is 9.70. The van der Waals surface area contributed by atoms with Crippen molar-refractivity contribution in [1.82, 2.24) is 15.5 Å². The van der Waals surface area contributed by atoms with E-state index in [0.29, 0.717) is 24.7 Å². The molecule has 162 valence electrons. The van der Waals surface area contributed by atoms with Crippen LogP contribution < -0.4 is 10.6 Å². The van der Waals surface area contributed by atoms with Crippen molar-refractivity contribution >= 4 is 11.9 Å². The van der Waals surface area contributed by atoms with E-state index < -0.39 is 17.8 Å². The Morgan fingerprint density at radius 2 is 2.10 bits per heavy atom. The van der Waals surface area contributed by atoms with E-state index in [1.54, 1.807) is 27.1 Å². The molecule has 0 aliphatic carbocycles. The van der Waals surface area contributed by atoms with Crippen LogP contribution in [0.2, 0.25) is 0 Å². The predicted octanol–water partition coefficient (Wildman–Crippen LogP) is 2.96. The second kappa shape index (κ2) is 10.5. The number of alkyl halides is 3. The molecule has 1 aliphatic heterocycles. The number of carbonyl (C=O) groups is 1. The van der Waals surface area contributed by atoms with Gasteiger partial charge < -0.3 is 20.3 Å². The molecule has 2 unspecified atom stereocenters. The number of carbonyl (C=O) groups excluding carboxylic acids is 1. The summed E-state index contributed by atoms with van der Waals surface area (Å²) in [5.41, 5.74) is -0.226. The summed E-state index contributed by atoms with van der Waals surface area (Å²) in [6.45, 7) is 2.91. The number of benzene rings is 1. The lowest BCUT2D eigenvalue weighted by Gasteiger charge is -2.25. The monoisotopic (exact) mass is 414 g/mol. The summed E-state index contributed by atoms with van der Waals surface area (Å²) in [5.74, 6) is 0.186. The zero-order valence-corrected chi connectivity index (χ0v) is 17.1. The maximum absolute atomic E-state index is 13.0. The lowest BCUT2D eigenvalue weighted by atomic mass is 10.1. The SMILES string of the molecule is CC(NC(=NCC(=O)N(C)C)NCC1CCCCO1)c1cccc(C(F)(F)F)c1. The largest absolute Gasteiger partial charge is 0.416 e. The highest BCUT2D eigenvalue weighted by atomic mass is 19.4. The first-order chi connectivity index (χ1) is 13.7. The van der Waals surface area contributed by atoms with Crippen LogP contribution in [0.15, 0.2) is 29.3 Å². The van der Waals surface area contributed by atoms with E-state index in [0.717, 1.165) is 31.4 Å². The summed E-state index contributed by atoms with van der Waals surface area (Å²) in [6, 6.07) is 4.72. The van der Waals surface area contributed by atoms with Crippen LogP contribution in [0.5, 0.6) is 0 Å². The number of ether oxygens (including phenoxy) is 1. The molecule has 0 bridgehead atoms. The third-order valence-corrected chi connectivity index (χ3v) is 4.71. The Labute approximate surface area is 169 Å². The highest BCUT2D eigenvalue weighted by Gasteiger charge is 2.30. The summed E-state index contributed by atoms with van der Waals surface area (Å²) in [4.78, 5) is 17.6. The molecule has 0 spiro atoms. The average molecular weight is 414 g/mol. The Morgan fingerprint density at radius 3 is 2.72 bits per heavy atom. The van der Waals surface area contributed by atoms with Gasteiger partial charge in [0.05, 0.1) is 17.7 Å². The van der Waals surface area contributed by atoms with E-state index in [-0.39, 0.29) is 18.6 Å². The van der Waals surface area contributed by atoms with Crippen LogP contribution in [0.25, 0.3) is 0 Å². The van der Waals surface area contributed by atoms with Crippen molar-refractivity contribution in [2.45, 2.75) is 44.5 Å². The number of amides is 1. The topological polar surface area (TPSA) is 66.0 Å². The number of likely N-dealkylation sites (N-methyl/N-ethyl adjacent to an activating group) is 1. The molecule has 29 heavy (non-hydrogen) atoms. The normalized spacial score (nSPS) is 18.8. The second-order valence-electron chi connectivity index (χ2n) is 7.31. The average Bonchev–Trinajstić information content (AvgIpc) is 2.69. The van der Waals surface area contributed by atoms with Gasteiger partial charge in [0.15, 0.2) is 5.96 Å². The first kappa shape index (κ1) is 23.0. The van der Waals surface area contributed by atoms with E-state index in [9.17, 15) is 18.0 Å². The van der Waals surface area contributed by atoms with Crippen molar-refractivity contribution in [2.75, 3.05) is 33.8 Å². The van der Waals surface area contributed by atoms with Crippen LogP contribution in [-0.2, 0) is 15.7 Å². The quantitative estimate of drug-likeness (QED) is 0.555. The van der Waals surface area contributed by atoms with E-state index in [4.69, 9.17) is 4.74 Å². The Balaban J connectivity index is 2.08. The summed E-state index contributed by atoms with van der Waals surface area (Å²) in [5, 5.41) is 6.24. The summed E-state index contributed by atoms with van der Waals surface area (Å²) >= 11 is 0. The molecule has 0 aromatic heterocycles. The summed E-state index contributed by atoms with van der Waals surface area (Å²) in [6.07, 6.45) is -1.29. The summed E-state index contributed by atoms with van der Waals surface area (Å²) < 4.78 is 44.7. The van der Waals surface area contributed by atoms with Gasteiger partial charge in [-0.3, -0.25) is 4.79 Å². The molecule has 2 rings (SSSR count). The van der Waals surface area contributed by atoms with Crippen molar-refractivity contribution in [3.05, 3.63) is 35.4 Å². The van der Waals surface area contributed by atoms with E-state index in [1.807, 2.05) is 0 Å². The summed E-state index contributed by atoms with van der Waals surface area (Å²) in [7, 11) is 3.28. The van der Waals surface area contributed by atoms with E-state index in [2.05, 4.69) is 15.6 Å². The number of hydrogen-bond acceptors (Lipinski definition) is 3. The van der Waals surface area contributed by atoms with Crippen LogP contribution in [0.1, 0.15) is 43.4 Å². The molecule has 2 atom stereocenters. The van der Waals surface area contributed by atoms with Crippen molar-refractivity contribution in [3.8, 4) is 0 Å². The van der Waals surface area contributed by atoms with Gasteiger partial charge in [0.2, 0.25) is 5.91 Å². The van der Waals surface area contributed by atoms with Gasteiger partial charge >= 0.3 is 6.18 Å². The number of aliphatic imine (C=N–C) groups is 1. The van der Waals surface area contributed by atoms with Crippen LogP contribution in [0, 0.1) is 0 Å². The molecule has 1 heterocycles. The van der Waals surface area contributed by atoms with Gasteiger partial charge in [0.1, 0.15) is 6.54 Å². The maximum atomic E-state index is 13.0. The molecule has 2 N–H and O–H groups in total. The maximum Gasteiger partial charge on any atom is 0.416 e. The molecular weight excluding hydrogens is 385 g/mol. The van der Waals surface area contributed by atoms with Crippen LogP contribution in [0.4, 0.5) is 13.2 Å². The molecule has 6 nitrogen and oxygen atoms in total. The molecule has 9 heteroatoms. The van der Waals surface area contributed by atoms with Crippen molar-refractivity contribution < 1.29 is 22.7 Å². The molecule has 1 aliphatic rings. The molecule has 1 amide bonds. The van der Waals surface area contributed by atoms with Crippen LogP contribution >= 0.6 is 0 Å². The zero-order valence-electron chi connectivity index (χ0n) is 17.1. The Bertz CT molecular complexity index is 701. The minimum absolute atomic E-state index is 0.0455. The fourth-order valence-corrected chi connectivity index (χ4v) is 2.89.